The molecule has 1 aliphatic rings. The summed E-state index contributed by atoms with van der Waals surface area (Å²) in [4.78, 5) is 12.9. The molecule has 0 aliphatic heterocycles. The van der Waals surface area contributed by atoms with Gasteiger partial charge in [-0.05, 0) is 40.9 Å². The zero-order valence-electron chi connectivity index (χ0n) is 9.17. The van der Waals surface area contributed by atoms with Gasteiger partial charge in [0.2, 0.25) is 5.91 Å². The third-order valence-corrected chi connectivity index (χ3v) is 4.56. The molecule has 1 N–H and O–H groups in total. The summed E-state index contributed by atoms with van der Waals surface area (Å²) >= 11 is 5.04. The molecule has 0 spiro atoms. The molecule has 0 radical (unpaired) electrons. The molecule has 0 aromatic carbocycles. The number of rotatable bonds is 3. The summed E-state index contributed by atoms with van der Waals surface area (Å²) in [6.45, 7) is 0. The van der Waals surface area contributed by atoms with Gasteiger partial charge in [0, 0.05) is 10.9 Å². The maximum absolute atomic E-state index is 11.8. The van der Waals surface area contributed by atoms with Gasteiger partial charge in [0.05, 0.1) is 10.2 Å². The number of hydrogen-bond acceptors (Lipinski definition) is 2. The Morgan fingerprint density at radius 1 is 1.38 bits per heavy atom. The van der Waals surface area contributed by atoms with Crippen molar-refractivity contribution in [3.63, 3.8) is 0 Å². The first kappa shape index (κ1) is 12.1. The van der Waals surface area contributed by atoms with Crippen molar-refractivity contribution in [2.75, 3.05) is 0 Å². The fourth-order valence-electron chi connectivity index (χ4n) is 2.13. The smallest absolute Gasteiger partial charge is 0.225 e. The van der Waals surface area contributed by atoms with E-state index < -0.39 is 0 Å². The van der Waals surface area contributed by atoms with E-state index >= 15 is 0 Å². The number of carbonyl (C=O) groups is 1. The van der Waals surface area contributed by atoms with Crippen molar-refractivity contribution in [2.45, 2.75) is 44.6 Å². The summed E-state index contributed by atoms with van der Waals surface area (Å²) in [5, 5.41) is 3.13. The molecule has 16 heavy (non-hydrogen) atoms. The molecule has 1 aromatic heterocycles. The number of thiophene rings is 1. The third-order valence-electron chi connectivity index (χ3n) is 2.93. The van der Waals surface area contributed by atoms with Crippen molar-refractivity contribution in [1.29, 1.82) is 0 Å². The first-order chi connectivity index (χ1) is 7.74. The predicted octanol–water partition coefficient (Wildman–Crippen LogP) is 3.50. The molecule has 1 heterocycles. The zero-order chi connectivity index (χ0) is 11.4. The van der Waals surface area contributed by atoms with Crippen LogP contribution in [0.25, 0.3) is 0 Å². The summed E-state index contributed by atoms with van der Waals surface area (Å²) in [7, 11) is 0. The maximum atomic E-state index is 11.8. The summed E-state index contributed by atoms with van der Waals surface area (Å²) in [6.07, 6.45) is 6.67. The van der Waals surface area contributed by atoms with Crippen molar-refractivity contribution < 1.29 is 4.79 Å². The number of amides is 1. The van der Waals surface area contributed by atoms with Gasteiger partial charge < -0.3 is 5.32 Å². The Balaban J connectivity index is 1.79. The van der Waals surface area contributed by atoms with Crippen molar-refractivity contribution in [3.8, 4) is 0 Å². The maximum Gasteiger partial charge on any atom is 0.225 e. The largest absolute Gasteiger partial charge is 0.353 e. The first-order valence-corrected chi connectivity index (χ1v) is 7.38. The summed E-state index contributed by atoms with van der Waals surface area (Å²) in [5.41, 5.74) is 0. The number of halogens is 1. The van der Waals surface area contributed by atoms with Crippen molar-refractivity contribution in [1.82, 2.24) is 5.32 Å². The number of carbonyl (C=O) groups excluding carboxylic acids is 1. The van der Waals surface area contributed by atoms with Crippen molar-refractivity contribution >= 4 is 33.2 Å². The highest BCUT2D eigenvalue weighted by molar-refractivity contribution is 9.11. The molecular weight excluding hydrogens is 286 g/mol. The van der Waals surface area contributed by atoms with E-state index in [0.29, 0.717) is 12.5 Å². The summed E-state index contributed by atoms with van der Waals surface area (Å²) < 4.78 is 1.09. The van der Waals surface area contributed by atoms with Gasteiger partial charge in [0.15, 0.2) is 0 Å². The second-order valence-corrected chi connectivity index (χ2v) is 6.83. The minimum absolute atomic E-state index is 0.168. The minimum atomic E-state index is 0.168. The Morgan fingerprint density at radius 2 is 2.12 bits per heavy atom. The van der Waals surface area contributed by atoms with Crippen LogP contribution in [0.2, 0.25) is 0 Å². The molecule has 0 saturated heterocycles. The molecular formula is C12H16BrNOS. The van der Waals surface area contributed by atoms with Crippen molar-refractivity contribution in [2.24, 2.45) is 0 Å². The van der Waals surface area contributed by atoms with Gasteiger partial charge in [-0.1, -0.05) is 19.3 Å². The van der Waals surface area contributed by atoms with Gasteiger partial charge in [0.25, 0.3) is 0 Å². The van der Waals surface area contributed by atoms with E-state index in [0.717, 1.165) is 21.5 Å². The van der Waals surface area contributed by atoms with E-state index in [9.17, 15) is 4.79 Å². The second kappa shape index (κ2) is 5.82. The molecule has 0 bridgehead atoms. The topological polar surface area (TPSA) is 29.1 Å². The lowest BCUT2D eigenvalue weighted by Crippen LogP contribution is -2.36. The highest BCUT2D eigenvalue weighted by Crippen LogP contribution is 2.23. The Labute approximate surface area is 109 Å². The lowest BCUT2D eigenvalue weighted by molar-refractivity contribution is -0.121. The SMILES string of the molecule is O=C(Cc1ccc(Br)s1)NC1CCCCC1. The fraction of sp³-hybridized carbons (Fsp3) is 0.583. The van der Waals surface area contributed by atoms with Gasteiger partial charge in [0.1, 0.15) is 0 Å². The van der Waals surface area contributed by atoms with Crippen LogP contribution in [0.1, 0.15) is 37.0 Å². The molecule has 1 aromatic rings. The van der Waals surface area contributed by atoms with Crippen LogP contribution in [-0.2, 0) is 11.2 Å². The van der Waals surface area contributed by atoms with Crippen LogP contribution in [0.15, 0.2) is 15.9 Å². The van der Waals surface area contributed by atoms with Crippen LogP contribution in [0.4, 0.5) is 0 Å². The lowest BCUT2D eigenvalue weighted by atomic mass is 9.95. The number of hydrogen-bond donors (Lipinski definition) is 1. The van der Waals surface area contributed by atoms with E-state index in [1.807, 2.05) is 12.1 Å². The van der Waals surface area contributed by atoms with Gasteiger partial charge in [-0.25, -0.2) is 0 Å². The fourth-order valence-corrected chi connectivity index (χ4v) is 3.61. The van der Waals surface area contributed by atoms with Crippen molar-refractivity contribution in [3.05, 3.63) is 20.8 Å². The molecule has 1 amide bonds. The van der Waals surface area contributed by atoms with Crippen LogP contribution in [0.5, 0.6) is 0 Å². The predicted molar refractivity (Wildman–Crippen MR) is 70.7 cm³/mol. The molecule has 2 rings (SSSR count). The Morgan fingerprint density at radius 3 is 2.75 bits per heavy atom. The Bertz CT molecular complexity index is 358. The van der Waals surface area contributed by atoms with E-state index in [2.05, 4.69) is 21.2 Å². The average Bonchev–Trinajstić information content (AvgIpc) is 2.65. The highest BCUT2D eigenvalue weighted by Gasteiger charge is 2.15. The van der Waals surface area contributed by atoms with Gasteiger partial charge in [-0.2, -0.15) is 0 Å². The highest BCUT2D eigenvalue weighted by atomic mass is 79.9. The van der Waals surface area contributed by atoms with E-state index in [-0.39, 0.29) is 5.91 Å². The lowest BCUT2D eigenvalue weighted by Gasteiger charge is -2.22. The second-order valence-electron chi connectivity index (χ2n) is 4.29. The van der Waals surface area contributed by atoms with Crippen LogP contribution < -0.4 is 5.32 Å². The first-order valence-electron chi connectivity index (χ1n) is 5.77. The molecule has 0 atom stereocenters. The molecule has 4 heteroatoms. The van der Waals surface area contributed by atoms with Gasteiger partial charge >= 0.3 is 0 Å². The molecule has 88 valence electrons. The van der Waals surface area contributed by atoms with Crippen LogP contribution >= 0.6 is 27.3 Å². The van der Waals surface area contributed by atoms with E-state index in [1.54, 1.807) is 11.3 Å². The van der Waals surface area contributed by atoms with Crippen LogP contribution in [0, 0.1) is 0 Å². The summed E-state index contributed by atoms with van der Waals surface area (Å²) in [6, 6.07) is 4.42. The average molecular weight is 302 g/mol. The monoisotopic (exact) mass is 301 g/mol. The van der Waals surface area contributed by atoms with Gasteiger partial charge in [-0.3, -0.25) is 4.79 Å². The normalized spacial score (nSPS) is 17.3. The van der Waals surface area contributed by atoms with Crippen LogP contribution in [-0.4, -0.2) is 11.9 Å². The standard InChI is InChI=1S/C12H16BrNOS/c13-11-7-6-10(16-11)8-12(15)14-9-4-2-1-3-5-9/h6-7,9H,1-5,8H2,(H,14,15). The third kappa shape index (κ3) is 3.59. The molecule has 1 saturated carbocycles. The minimum Gasteiger partial charge on any atom is -0.353 e. The molecule has 2 nitrogen and oxygen atoms in total. The molecule has 0 unspecified atom stereocenters. The summed E-state index contributed by atoms with van der Waals surface area (Å²) in [5.74, 6) is 0.168. The Kier molecular flexibility index (Phi) is 4.41. The van der Waals surface area contributed by atoms with Crippen LogP contribution in [0.3, 0.4) is 0 Å². The van der Waals surface area contributed by atoms with E-state index in [4.69, 9.17) is 0 Å². The van der Waals surface area contributed by atoms with Gasteiger partial charge in [-0.15, -0.1) is 11.3 Å². The van der Waals surface area contributed by atoms with E-state index in [1.165, 1.54) is 19.3 Å². The molecule has 1 aliphatic carbocycles. The zero-order valence-corrected chi connectivity index (χ0v) is 11.6. The number of nitrogens with one attached hydrogen (secondary N) is 1. The quantitative estimate of drug-likeness (QED) is 0.909. The molecule has 1 fully saturated rings. The Hall–Kier alpha value is -0.350.